The Hall–Kier alpha value is -1.81. The zero-order valence-electron chi connectivity index (χ0n) is 8.87. The van der Waals surface area contributed by atoms with Gasteiger partial charge in [-0.15, -0.1) is 0 Å². The molecule has 0 aliphatic heterocycles. The number of hydrogen-bond donors (Lipinski definition) is 3. The molecule has 0 bridgehead atoms. The van der Waals surface area contributed by atoms with Crippen molar-refractivity contribution in [2.45, 2.75) is 0 Å². The Morgan fingerprint density at radius 2 is 1.87 bits per heavy atom. The quantitative estimate of drug-likeness (QED) is 0.495. The number of amides is 1. The van der Waals surface area contributed by atoms with Gasteiger partial charge in [-0.05, 0) is 5.56 Å². The van der Waals surface area contributed by atoms with E-state index in [1.165, 1.54) is 6.08 Å². The highest BCUT2D eigenvalue weighted by Crippen LogP contribution is 2.09. The number of hydrazine groups is 1. The normalized spacial score (nSPS) is 10.9. The Morgan fingerprint density at radius 1 is 1.20 bits per heavy atom. The Kier molecular flexibility index (Phi) is 4.37. The highest BCUT2D eigenvalue weighted by atomic mass is 16.2. The van der Waals surface area contributed by atoms with Crippen LogP contribution in [-0.2, 0) is 4.79 Å². The molecule has 0 atom stereocenters. The second-order valence-electron chi connectivity index (χ2n) is 2.91. The Balaban J connectivity index is 2.84. The van der Waals surface area contributed by atoms with Crippen LogP contribution in [0.15, 0.2) is 36.4 Å². The van der Waals surface area contributed by atoms with Crippen molar-refractivity contribution in [3.8, 4) is 0 Å². The van der Waals surface area contributed by atoms with Crippen LogP contribution in [0.25, 0.3) is 5.70 Å². The molecular formula is C11H15N3O. The molecule has 0 unspecified atom stereocenters. The summed E-state index contributed by atoms with van der Waals surface area (Å²) < 4.78 is 0. The largest absolute Gasteiger partial charge is 0.387 e. The van der Waals surface area contributed by atoms with Gasteiger partial charge >= 0.3 is 0 Å². The van der Waals surface area contributed by atoms with Crippen LogP contribution in [0.1, 0.15) is 5.56 Å². The van der Waals surface area contributed by atoms with Crippen molar-refractivity contribution >= 4 is 11.6 Å². The fourth-order valence-corrected chi connectivity index (χ4v) is 1.21. The molecule has 0 saturated carbocycles. The number of nitrogens with one attached hydrogen (secondary N) is 3. The van der Waals surface area contributed by atoms with Crippen molar-refractivity contribution in [1.29, 1.82) is 0 Å². The van der Waals surface area contributed by atoms with E-state index in [2.05, 4.69) is 16.2 Å². The van der Waals surface area contributed by atoms with Crippen LogP contribution >= 0.6 is 0 Å². The van der Waals surface area contributed by atoms with Gasteiger partial charge in [0.1, 0.15) is 0 Å². The summed E-state index contributed by atoms with van der Waals surface area (Å²) in [6, 6.07) is 9.67. The average Bonchev–Trinajstić information content (AvgIpc) is 2.27. The SMILES string of the molecule is CNNC(=O)/C=C(\NC)c1ccccc1. The first kappa shape index (κ1) is 11.3. The second-order valence-corrected chi connectivity index (χ2v) is 2.91. The lowest BCUT2D eigenvalue weighted by Crippen LogP contribution is -2.33. The molecule has 4 nitrogen and oxygen atoms in total. The van der Waals surface area contributed by atoms with E-state index in [1.54, 1.807) is 14.1 Å². The van der Waals surface area contributed by atoms with Gasteiger partial charge in [-0.25, -0.2) is 5.43 Å². The fourth-order valence-electron chi connectivity index (χ4n) is 1.21. The molecule has 3 N–H and O–H groups in total. The number of benzene rings is 1. The summed E-state index contributed by atoms with van der Waals surface area (Å²) in [4.78, 5) is 11.3. The summed E-state index contributed by atoms with van der Waals surface area (Å²) in [5.74, 6) is -0.189. The molecule has 0 fully saturated rings. The standard InChI is InChI=1S/C11H15N3O/c1-12-10(8-11(15)14-13-2)9-6-4-3-5-7-9/h3-8,12-13H,1-2H3,(H,14,15)/b10-8-. The van der Waals surface area contributed by atoms with E-state index in [4.69, 9.17) is 0 Å². The molecule has 1 aromatic rings. The van der Waals surface area contributed by atoms with E-state index in [-0.39, 0.29) is 5.91 Å². The first-order valence-corrected chi connectivity index (χ1v) is 4.69. The monoisotopic (exact) mass is 205 g/mol. The molecule has 1 aromatic carbocycles. The van der Waals surface area contributed by atoms with Crippen molar-refractivity contribution in [3.63, 3.8) is 0 Å². The molecule has 0 saturated heterocycles. The third-order valence-corrected chi connectivity index (χ3v) is 1.88. The van der Waals surface area contributed by atoms with E-state index in [9.17, 15) is 4.79 Å². The first-order valence-electron chi connectivity index (χ1n) is 4.69. The minimum absolute atomic E-state index is 0.189. The van der Waals surface area contributed by atoms with Crippen LogP contribution in [0.5, 0.6) is 0 Å². The summed E-state index contributed by atoms with van der Waals surface area (Å²) in [6.07, 6.45) is 1.51. The average molecular weight is 205 g/mol. The summed E-state index contributed by atoms with van der Waals surface area (Å²) in [7, 11) is 3.43. The van der Waals surface area contributed by atoms with Gasteiger partial charge in [0.05, 0.1) is 0 Å². The molecular weight excluding hydrogens is 190 g/mol. The van der Waals surface area contributed by atoms with E-state index >= 15 is 0 Å². The molecule has 0 spiro atoms. The van der Waals surface area contributed by atoms with E-state index in [1.807, 2.05) is 30.3 Å². The summed E-state index contributed by atoms with van der Waals surface area (Å²) in [5, 5.41) is 2.98. The lowest BCUT2D eigenvalue weighted by atomic mass is 10.1. The minimum atomic E-state index is -0.189. The van der Waals surface area contributed by atoms with Crippen molar-refractivity contribution in [2.75, 3.05) is 14.1 Å². The molecule has 0 aliphatic carbocycles. The van der Waals surface area contributed by atoms with Crippen LogP contribution in [-0.4, -0.2) is 20.0 Å². The third-order valence-electron chi connectivity index (χ3n) is 1.88. The second kappa shape index (κ2) is 5.82. The first-order chi connectivity index (χ1) is 7.27. The van der Waals surface area contributed by atoms with Gasteiger partial charge in [-0.1, -0.05) is 30.3 Å². The number of hydrogen-bond acceptors (Lipinski definition) is 3. The van der Waals surface area contributed by atoms with Crippen LogP contribution in [0, 0.1) is 0 Å². The topological polar surface area (TPSA) is 53.2 Å². The Morgan fingerprint density at radius 3 is 2.40 bits per heavy atom. The van der Waals surface area contributed by atoms with Gasteiger partial charge in [0.15, 0.2) is 0 Å². The minimum Gasteiger partial charge on any atom is -0.387 e. The molecule has 4 heteroatoms. The maximum Gasteiger partial charge on any atom is 0.260 e. The number of rotatable bonds is 4. The molecule has 0 aromatic heterocycles. The Bertz CT molecular complexity index is 346. The van der Waals surface area contributed by atoms with Crippen LogP contribution in [0.4, 0.5) is 0 Å². The van der Waals surface area contributed by atoms with E-state index < -0.39 is 0 Å². The number of carbonyl (C=O) groups excluding carboxylic acids is 1. The van der Waals surface area contributed by atoms with Crippen LogP contribution < -0.4 is 16.2 Å². The summed E-state index contributed by atoms with van der Waals surface area (Å²) in [6.45, 7) is 0. The predicted octanol–water partition coefficient (Wildman–Crippen LogP) is 0.497. The fraction of sp³-hybridized carbons (Fsp3) is 0.182. The predicted molar refractivity (Wildman–Crippen MR) is 60.7 cm³/mol. The molecule has 80 valence electrons. The van der Waals surface area contributed by atoms with E-state index in [0.717, 1.165) is 11.3 Å². The maximum absolute atomic E-state index is 11.3. The molecule has 0 heterocycles. The van der Waals surface area contributed by atoms with E-state index in [0.29, 0.717) is 0 Å². The van der Waals surface area contributed by atoms with Gasteiger partial charge in [0.2, 0.25) is 0 Å². The van der Waals surface area contributed by atoms with Crippen molar-refractivity contribution in [1.82, 2.24) is 16.2 Å². The molecule has 0 radical (unpaired) electrons. The molecule has 15 heavy (non-hydrogen) atoms. The van der Waals surface area contributed by atoms with Crippen molar-refractivity contribution in [3.05, 3.63) is 42.0 Å². The van der Waals surface area contributed by atoms with Crippen molar-refractivity contribution < 1.29 is 4.79 Å². The van der Waals surface area contributed by atoms with Gasteiger partial charge in [0, 0.05) is 25.9 Å². The smallest absolute Gasteiger partial charge is 0.260 e. The molecule has 1 rings (SSSR count). The van der Waals surface area contributed by atoms with Crippen molar-refractivity contribution in [2.24, 2.45) is 0 Å². The highest BCUT2D eigenvalue weighted by molar-refractivity contribution is 5.94. The molecule has 1 amide bonds. The third kappa shape index (κ3) is 3.44. The van der Waals surface area contributed by atoms with Gasteiger partial charge < -0.3 is 5.32 Å². The zero-order chi connectivity index (χ0) is 11.1. The number of carbonyl (C=O) groups is 1. The molecule has 0 aliphatic rings. The lowest BCUT2D eigenvalue weighted by molar-refractivity contribution is -0.117. The van der Waals surface area contributed by atoms with Gasteiger partial charge in [-0.3, -0.25) is 10.2 Å². The van der Waals surface area contributed by atoms with Gasteiger partial charge in [0.25, 0.3) is 5.91 Å². The zero-order valence-corrected chi connectivity index (χ0v) is 8.87. The summed E-state index contributed by atoms with van der Waals surface area (Å²) >= 11 is 0. The van der Waals surface area contributed by atoms with Gasteiger partial charge in [-0.2, -0.15) is 0 Å². The lowest BCUT2D eigenvalue weighted by Gasteiger charge is -2.06. The van der Waals surface area contributed by atoms with Crippen LogP contribution in [0.2, 0.25) is 0 Å². The van der Waals surface area contributed by atoms with Crippen LogP contribution in [0.3, 0.4) is 0 Å². The Labute approximate surface area is 89.3 Å². The summed E-state index contributed by atoms with van der Waals surface area (Å²) in [5.41, 5.74) is 6.81. The highest BCUT2D eigenvalue weighted by Gasteiger charge is 2.01. The maximum atomic E-state index is 11.3.